The molecule has 11 heavy (non-hydrogen) atoms. The monoisotopic (exact) mass is 173 g/mol. The van der Waals surface area contributed by atoms with Gasteiger partial charge in [0.1, 0.15) is 0 Å². The third kappa shape index (κ3) is 2.49. The summed E-state index contributed by atoms with van der Waals surface area (Å²) in [7, 11) is 0. The second-order valence-electron chi connectivity index (χ2n) is 3.35. The Hall–Kier alpha value is -0.0100. The molecule has 0 fully saturated rings. The van der Waals surface area contributed by atoms with Crippen molar-refractivity contribution in [1.82, 2.24) is 4.90 Å². The maximum Gasteiger partial charge on any atom is 0.0445 e. The molecule has 0 radical (unpaired) electrons. The molecular weight excluding hydrogens is 158 g/mol. The molecule has 0 aliphatic carbocycles. The summed E-state index contributed by atoms with van der Waals surface area (Å²) >= 11 is 5.76. The topological polar surface area (TPSA) is 3.24 Å². The highest BCUT2D eigenvalue weighted by molar-refractivity contribution is 6.19. The van der Waals surface area contributed by atoms with Gasteiger partial charge >= 0.3 is 0 Å². The van der Waals surface area contributed by atoms with Crippen molar-refractivity contribution >= 4 is 11.6 Å². The van der Waals surface area contributed by atoms with Gasteiger partial charge in [-0.05, 0) is 25.8 Å². The Kier molecular flexibility index (Phi) is 3.41. The van der Waals surface area contributed by atoms with Crippen LogP contribution in [0.15, 0.2) is 11.6 Å². The summed E-state index contributed by atoms with van der Waals surface area (Å²) in [5.74, 6) is 0.698. The molecule has 2 heteroatoms. The lowest BCUT2D eigenvalue weighted by molar-refractivity contribution is 0.236. The second kappa shape index (κ2) is 4.13. The highest BCUT2D eigenvalue weighted by Gasteiger charge is 2.13. The first-order chi connectivity index (χ1) is 5.24. The molecule has 1 rings (SSSR count). The van der Waals surface area contributed by atoms with E-state index in [0.717, 1.165) is 6.54 Å². The number of nitrogens with zero attached hydrogens (tertiary/aromatic N) is 1. The molecule has 1 aliphatic rings. The number of hydrogen-bond donors (Lipinski definition) is 0. The molecule has 0 bridgehead atoms. The first-order valence-corrected chi connectivity index (χ1v) is 4.75. The Bertz CT molecular complexity index is 152. The highest BCUT2D eigenvalue weighted by Crippen LogP contribution is 2.12. The SMILES string of the molecule is CC(C)N1CCC=C(CCl)C1. The molecule has 0 saturated heterocycles. The summed E-state index contributed by atoms with van der Waals surface area (Å²) in [4.78, 5) is 2.46. The van der Waals surface area contributed by atoms with Crippen LogP contribution in [0.5, 0.6) is 0 Å². The van der Waals surface area contributed by atoms with Crippen molar-refractivity contribution < 1.29 is 0 Å². The van der Waals surface area contributed by atoms with Gasteiger partial charge in [0.2, 0.25) is 0 Å². The molecule has 0 unspecified atom stereocenters. The van der Waals surface area contributed by atoms with Crippen LogP contribution in [-0.2, 0) is 0 Å². The third-order valence-electron chi connectivity index (χ3n) is 2.16. The molecule has 0 saturated carbocycles. The zero-order valence-electron chi connectivity index (χ0n) is 7.31. The Morgan fingerprint density at radius 2 is 2.36 bits per heavy atom. The summed E-state index contributed by atoms with van der Waals surface area (Å²) in [6.07, 6.45) is 3.44. The van der Waals surface area contributed by atoms with Gasteiger partial charge in [-0.1, -0.05) is 6.08 Å². The highest BCUT2D eigenvalue weighted by atomic mass is 35.5. The van der Waals surface area contributed by atoms with Crippen molar-refractivity contribution in [2.45, 2.75) is 26.3 Å². The van der Waals surface area contributed by atoms with Crippen LogP contribution in [0.25, 0.3) is 0 Å². The number of alkyl halides is 1. The summed E-state index contributed by atoms with van der Waals surface area (Å²) in [5, 5.41) is 0. The van der Waals surface area contributed by atoms with Gasteiger partial charge in [0.05, 0.1) is 0 Å². The minimum Gasteiger partial charge on any atom is -0.297 e. The minimum absolute atomic E-state index is 0.655. The average Bonchev–Trinajstić information content (AvgIpc) is 2.05. The van der Waals surface area contributed by atoms with E-state index in [9.17, 15) is 0 Å². The normalized spacial score (nSPS) is 20.5. The van der Waals surface area contributed by atoms with Gasteiger partial charge in [0.15, 0.2) is 0 Å². The van der Waals surface area contributed by atoms with Gasteiger partial charge in [-0.3, -0.25) is 4.90 Å². The van der Waals surface area contributed by atoms with E-state index in [1.54, 1.807) is 0 Å². The fourth-order valence-electron chi connectivity index (χ4n) is 1.38. The minimum atomic E-state index is 0.655. The largest absolute Gasteiger partial charge is 0.297 e. The van der Waals surface area contributed by atoms with Crippen molar-refractivity contribution in [2.24, 2.45) is 0 Å². The number of rotatable bonds is 2. The Morgan fingerprint density at radius 3 is 2.91 bits per heavy atom. The van der Waals surface area contributed by atoms with Crippen molar-refractivity contribution in [3.8, 4) is 0 Å². The van der Waals surface area contributed by atoms with Crippen molar-refractivity contribution in [3.63, 3.8) is 0 Å². The zero-order valence-corrected chi connectivity index (χ0v) is 8.06. The lowest BCUT2D eigenvalue weighted by Crippen LogP contribution is -2.36. The molecule has 1 nitrogen and oxygen atoms in total. The molecule has 0 aromatic rings. The summed E-state index contributed by atoms with van der Waals surface area (Å²) in [5.41, 5.74) is 1.38. The van der Waals surface area contributed by atoms with Gasteiger partial charge < -0.3 is 0 Å². The van der Waals surface area contributed by atoms with Crippen molar-refractivity contribution in [2.75, 3.05) is 19.0 Å². The Morgan fingerprint density at radius 1 is 1.64 bits per heavy atom. The van der Waals surface area contributed by atoms with Gasteiger partial charge in [-0.15, -0.1) is 11.6 Å². The second-order valence-corrected chi connectivity index (χ2v) is 3.62. The molecule has 0 aromatic heterocycles. The molecule has 1 aliphatic heterocycles. The van der Waals surface area contributed by atoms with Crippen LogP contribution < -0.4 is 0 Å². The summed E-state index contributed by atoms with van der Waals surface area (Å²) < 4.78 is 0. The number of hydrogen-bond acceptors (Lipinski definition) is 1. The molecule has 0 atom stereocenters. The van der Waals surface area contributed by atoms with E-state index in [2.05, 4.69) is 24.8 Å². The Labute approximate surface area is 74.0 Å². The van der Waals surface area contributed by atoms with E-state index < -0.39 is 0 Å². The fourth-order valence-corrected chi connectivity index (χ4v) is 1.57. The van der Waals surface area contributed by atoms with E-state index in [0.29, 0.717) is 11.9 Å². The standard InChI is InChI=1S/C9H16ClN/c1-8(2)11-5-3-4-9(6-10)7-11/h4,8H,3,5-7H2,1-2H3. The molecule has 1 heterocycles. The third-order valence-corrected chi connectivity index (χ3v) is 2.50. The molecule has 0 aromatic carbocycles. The lowest BCUT2D eigenvalue weighted by Gasteiger charge is -2.29. The van der Waals surface area contributed by atoms with Crippen LogP contribution in [0.4, 0.5) is 0 Å². The quantitative estimate of drug-likeness (QED) is 0.458. The average molecular weight is 174 g/mol. The van der Waals surface area contributed by atoms with Crippen LogP contribution in [0.2, 0.25) is 0 Å². The predicted octanol–water partition coefficient (Wildman–Crippen LogP) is 2.27. The van der Waals surface area contributed by atoms with Crippen LogP contribution in [0, 0.1) is 0 Å². The maximum absolute atomic E-state index is 5.76. The van der Waals surface area contributed by atoms with E-state index >= 15 is 0 Å². The molecular formula is C9H16ClN. The van der Waals surface area contributed by atoms with Crippen LogP contribution >= 0.6 is 11.6 Å². The van der Waals surface area contributed by atoms with Crippen molar-refractivity contribution in [1.29, 1.82) is 0 Å². The maximum atomic E-state index is 5.76. The van der Waals surface area contributed by atoms with Crippen LogP contribution in [0.3, 0.4) is 0 Å². The van der Waals surface area contributed by atoms with Gasteiger partial charge in [0.25, 0.3) is 0 Å². The summed E-state index contributed by atoms with van der Waals surface area (Å²) in [6, 6.07) is 0.655. The lowest BCUT2D eigenvalue weighted by atomic mass is 10.1. The van der Waals surface area contributed by atoms with E-state index in [1.807, 2.05) is 0 Å². The molecule has 0 amide bonds. The van der Waals surface area contributed by atoms with E-state index in [-0.39, 0.29) is 0 Å². The van der Waals surface area contributed by atoms with E-state index in [1.165, 1.54) is 18.5 Å². The molecule has 0 N–H and O–H groups in total. The molecule has 64 valence electrons. The summed E-state index contributed by atoms with van der Waals surface area (Å²) in [6.45, 7) is 6.73. The first kappa shape index (κ1) is 9.08. The van der Waals surface area contributed by atoms with E-state index in [4.69, 9.17) is 11.6 Å². The fraction of sp³-hybridized carbons (Fsp3) is 0.778. The first-order valence-electron chi connectivity index (χ1n) is 4.22. The van der Waals surface area contributed by atoms with Crippen LogP contribution in [-0.4, -0.2) is 29.9 Å². The van der Waals surface area contributed by atoms with Crippen molar-refractivity contribution in [3.05, 3.63) is 11.6 Å². The van der Waals surface area contributed by atoms with Crippen LogP contribution in [0.1, 0.15) is 20.3 Å². The van der Waals surface area contributed by atoms with Gasteiger partial charge in [-0.25, -0.2) is 0 Å². The zero-order chi connectivity index (χ0) is 8.27. The molecule has 0 spiro atoms. The number of halogens is 1. The predicted molar refractivity (Wildman–Crippen MR) is 50.1 cm³/mol. The van der Waals surface area contributed by atoms with Gasteiger partial charge in [-0.2, -0.15) is 0 Å². The Balaban J connectivity index is 2.46. The van der Waals surface area contributed by atoms with Gasteiger partial charge in [0, 0.05) is 25.0 Å². The smallest absolute Gasteiger partial charge is 0.0445 e.